The number of nitrogens with one attached hydrogen (secondary N) is 1. The summed E-state index contributed by atoms with van der Waals surface area (Å²) in [6.45, 7) is 6.74. The Hall–Kier alpha value is -0.610. The standard InChI is InChI=1S/C13H23N3S/c1-4-7-16(8-11-5-6-11)13-15-12(9-17-13)10(2)14-3/h9-11,14H,4-8H2,1-3H3. The van der Waals surface area contributed by atoms with Crippen LogP contribution in [0.25, 0.3) is 0 Å². The van der Waals surface area contributed by atoms with Gasteiger partial charge in [-0.1, -0.05) is 6.92 Å². The van der Waals surface area contributed by atoms with Crippen LogP contribution in [0.2, 0.25) is 0 Å². The van der Waals surface area contributed by atoms with Gasteiger partial charge in [0.2, 0.25) is 0 Å². The second-order valence-electron chi connectivity index (χ2n) is 4.95. The zero-order chi connectivity index (χ0) is 12.3. The predicted octanol–water partition coefficient (Wildman–Crippen LogP) is 3.05. The molecule has 0 saturated heterocycles. The Morgan fingerprint density at radius 2 is 2.35 bits per heavy atom. The molecule has 1 unspecified atom stereocenters. The molecule has 96 valence electrons. The lowest BCUT2D eigenvalue weighted by atomic mass is 10.3. The molecule has 17 heavy (non-hydrogen) atoms. The van der Waals surface area contributed by atoms with Gasteiger partial charge in [-0.3, -0.25) is 0 Å². The van der Waals surface area contributed by atoms with E-state index in [1.807, 2.05) is 7.05 Å². The Bertz CT molecular complexity index is 346. The number of nitrogens with zero attached hydrogens (tertiary/aromatic N) is 2. The maximum absolute atomic E-state index is 4.76. The predicted molar refractivity (Wildman–Crippen MR) is 74.8 cm³/mol. The van der Waals surface area contributed by atoms with E-state index in [0.717, 1.165) is 12.5 Å². The Morgan fingerprint density at radius 3 is 2.94 bits per heavy atom. The molecule has 1 atom stereocenters. The third kappa shape index (κ3) is 3.42. The van der Waals surface area contributed by atoms with E-state index in [0.29, 0.717) is 6.04 Å². The molecule has 1 heterocycles. The van der Waals surface area contributed by atoms with Gasteiger partial charge in [-0.2, -0.15) is 0 Å². The average Bonchev–Trinajstić information content (AvgIpc) is 3.02. The zero-order valence-corrected chi connectivity index (χ0v) is 11.9. The summed E-state index contributed by atoms with van der Waals surface area (Å²) in [6, 6.07) is 0.351. The van der Waals surface area contributed by atoms with Crippen molar-refractivity contribution in [3.05, 3.63) is 11.1 Å². The fourth-order valence-corrected chi connectivity index (χ4v) is 2.87. The van der Waals surface area contributed by atoms with Crippen LogP contribution in [0.15, 0.2) is 5.38 Å². The number of hydrogen-bond acceptors (Lipinski definition) is 4. The molecule has 0 aliphatic heterocycles. The summed E-state index contributed by atoms with van der Waals surface area (Å²) in [5, 5.41) is 6.64. The maximum atomic E-state index is 4.76. The van der Waals surface area contributed by atoms with Crippen LogP contribution >= 0.6 is 11.3 Å². The van der Waals surface area contributed by atoms with Gasteiger partial charge in [-0.05, 0) is 39.2 Å². The molecular formula is C13H23N3S. The van der Waals surface area contributed by atoms with E-state index in [4.69, 9.17) is 4.98 Å². The zero-order valence-electron chi connectivity index (χ0n) is 11.1. The number of aromatic nitrogens is 1. The monoisotopic (exact) mass is 253 g/mol. The van der Waals surface area contributed by atoms with Gasteiger partial charge in [-0.15, -0.1) is 11.3 Å². The lowest BCUT2D eigenvalue weighted by molar-refractivity contribution is 0.633. The summed E-state index contributed by atoms with van der Waals surface area (Å²) >= 11 is 1.79. The summed E-state index contributed by atoms with van der Waals surface area (Å²) in [4.78, 5) is 7.23. The second kappa shape index (κ2) is 5.83. The average molecular weight is 253 g/mol. The van der Waals surface area contributed by atoms with Gasteiger partial charge in [0.15, 0.2) is 5.13 Å². The lowest BCUT2D eigenvalue weighted by Crippen LogP contribution is -2.26. The third-order valence-corrected chi connectivity index (χ3v) is 4.25. The van der Waals surface area contributed by atoms with Gasteiger partial charge < -0.3 is 10.2 Å². The largest absolute Gasteiger partial charge is 0.348 e. The third-order valence-electron chi connectivity index (χ3n) is 3.33. The maximum Gasteiger partial charge on any atom is 0.185 e. The first-order valence-electron chi connectivity index (χ1n) is 6.62. The van der Waals surface area contributed by atoms with Gasteiger partial charge in [0.1, 0.15) is 0 Å². The molecule has 0 radical (unpaired) electrons. The van der Waals surface area contributed by atoms with Gasteiger partial charge in [0.25, 0.3) is 0 Å². The summed E-state index contributed by atoms with van der Waals surface area (Å²) < 4.78 is 0. The van der Waals surface area contributed by atoms with Crippen molar-refractivity contribution in [1.29, 1.82) is 0 Å². The van der Waals surface area contributed by atoms with Gasteiger partial charge >= 0.3 is 0 Å². The summed E-state index contributed by atoms with van der Waals surface area (Å²) in [7, 11) is 1.98. The summed E-state index contributed by atoms with van der Waals surface area (Å²) in [5.74, 6) is 0.927. The minimum Gasteiger partial charge on any atom is -0.348 e. The molecule has 2 rings (SSSR count). The van der Waals surface area contributed by atoms with Crippen LogP contribution in [0.3, 0.4) is 0 Å². The highest BCUT2D eigenvalue weighted by atomic mass is 32.1. The first kappa shape index (κ1) is 12.8. The van der Waals surface area contributed by atoms with Crippen LogP contribution in [0.5, 0.6) is 0 Å². The smallest absolute Gasteiger partial charge is 0.185 e. The highest BCUT2D eigenvalue weighted by Crippen LogP contribution is 2.33. The second-order valence-corrected chi connectivity index (χ2v) is 5.79. The minimum atomic E-state index is 0.351. The SMILES string of the molecule is CCCN(CC1CC1)c1nc(C(C)NC)cs1. The topological polar surface area (TPSA) is 28.2 Å². The highest BCUT2D eigenvalue weighted by molar-refractivity contribution is 7.13. The fraction of sp³-hybridized carbons (Fsp3) is 0.769. The molecule has 1 aliphatic carbocycles. The molecule has 1 N–H and O–H groups in total. The lowest BCUT2D eigenvalue weighted by Gasteiger charge is -2.20. The summed E-state index contributed by atoms with van der Waals surface area (Å²) in [6.07, 6.45) is 4.01. The van der Waals surface area contributed by atoms with E-state index in [1.165, 1.54) is 36.6 Å². The molecule has 1 aromatic heterocycles. The molecule has 0 amide bonds. The molecule has 0 aromatic carbocycles. The molecule has 0 bridgehead atoms. The van der Waals surface area contributed by atoms with Crippen molar-refractivity contribution in [1.82, 2.24) is 10.3 Å². The van der Waals surface area contributed by atoms with Crippen molar-refractivity contribution in [3.8, 4) is 0 Å². The van der Waals surface area contributed by atoms with Crippen LogP contribution in [-0.2, 0) is 0 Å². The molecular weight excluding hydrogens is 230 g/mol. The van der Waals surface area contributed by atoms with Crippen molar-refractivity contribution in [2.45, 2.75) is 39.2 Å². The van der Waals surface area contributed by atoms with Crippen LogP contribution in [-0.4, -0.2) is 25.1 Å². The van der Waals surface area contributed by atoms with Gasteiger partial charge in [0, 0.05) is 24.5 Å². The van der Waals surface area contributed by atoms with E-state index in [2.05, 4.69) is 29.4 Å². The van der Waals surface area contributed by atoms with E-state index < -0.39 is 0 Å². The first-order chi connectivity index (χ1) is 8.24. The van der Waals surface area contributed by atoms with Crippen molar-refractivity contribution in [3.63, 3.8) is 0 Å². The minimum absolute atomic E-state index is 0.351. The number of rotatable bonds is 7. The molecule has 1 aliphatic rings. The van der Waals surface area contributed by atoms with Crippen molar-refractivity contribution in [2.75, 3.05) is 25.0 Å². The number of hydrogen-bond donors (Lipinski definition) is 1. The van der Waals surface area contributed by atoms with Crippen LogP contribution in [0.4, 0.5) is 5.13 Å². The van der Waals surface area contributed by atoms with E-state index in [-0.39, 0.29) is 0 Å². The van der Waals surface area contributed by atoms with E-state index in [9.17, 15) is 0 Å². The molecule has 1 fully saturated rings. The van der Waals surface area contributed by atoms with E-state index in [1.54, 1.807) is 11.3 Å². The van der Waals surface area contributed by atoms with Crippen molar-refractivity contribution >= 4 is 16.5 Å². The quantitative estimate of drug-likeness (QED) is 0.809. The number of thiazole rings is 1. The van der Waals surface area contributed by atoms with Gasteiger partial charge in [0.05, 0.1) is 5.69 Å². The summed E-state index contributed by atoms with van der Waals surface area (Å²) in [5.41, 5.74) is 1.17. The number of anilines is 1. The van der Waals surface area contributed by atoms with Crippen LogP contribution in [0, 0.1) is 5.92 Å². The molecule has 3 nitrogen and oxygen atoms in total. The Morgan fingerprint density at radius 1 is 1.59 bits per heavy atom. The Kier molecular flexibility index (Phi) is 4.40. The fourth-order valence-electron chi connectivity index (χ4n) is 1.92. The van der Waals surface area contributed by atoms with Crippen LogP contribution < -0.4 is 10.2 Å². The van der Waals surface area contributed by atoms with Crippen molar-refractivity contribution in [2.24, 2.45) is 5.92 Å². The Labute approximate surface area is 108 Å². The van der Waals surface area contributed by atoms with Crippen LogP contribution in [0.1, 0.15) is 44.8 Å². The molecule has 0 spiro atoms. The normalized spacial score (nSPS) is 17.1. The highest BCUT2D eigenvalue weighted by Gasteiger charge is 2.25. The molecule has 1 aromatic rings. The molecule has 1 saturated carbocycles. The van der Waals surface area contributed by atoms with E-state index >= 15 is 0 Å². The first-order valence-corrected chi connectivity index (χ1v) is 7.50. The van der Waals surface area contributed by atoms with Gasteiger partial charge in [-0.25, -0.2) is 4.98 Å². The molecule has 4 heteroatoms. The van der Waals surface area contributed by atoms with Crippen molar-refractivity contribution < 1.29 is 0 Å². The Balaban J connectivity index is 2.03.